The Labute approximate surface area is 122 Å². The van der Waals surface area contributed by atoms with Gasteiger partial charge >= 0.3 is 0 Å². The largest absolute Gasteiger partial charge is 0.323 e. The lowest BCUT2D eigenvalue weighted by molar-refractivity contribution is 0.842. The highest BCUT2D eigenvalue weighted by Crippen LogP contribution is 2.18. The van der Waals surface area contributed by atoms with Crippen LogP contribution in [0.25, 0.3) is 5.69 Å². The number of nitrogens with one attached hydrogen (secondary N) is 1. The maximum absolute atomic E-state index is 5.86. The molecule has 0 amide bonds. The zero-order valence-corrected chi connectivity index (χ0v) is 11.7. The Hall–Kier alpha value is -2.33. The summed E-state index contributed by atoms with van der Waals surface area (Å²) in [6.07, 6.45) is 0. The first-order valence-electron chi connectivity index (χ1n) is 6.24. The van der Waals surface area contributed by atoms with E-state index < -0.39 is 0 Å². The number of benzene rings is 2. The zero-order chi connectivity index (χ0) is 13.9. The molecule has 0 atom stereocenters. The van der Waals surface area contributed by atoms with Crippen molar-refractivity contribution in [3.05, 3.63) is 65.4 Å². The maximum Gasteiger partial charge on any atom is 0.247 e. The number of para-hydroxylation sites is 1. The summed E-state index contributed by atoms with van der Waals surface area (Å²) in [7, 11) is 0. The van der Waals surface area contributed by atoms with Crippen LogP contribution in [0.4, 0.5) is 11.6 Å². The van der Waals surface area contributed by atoms with Gasteiger partial charge in [0.1, 0.15) is 5.82 Å². The summed E-state index contributed by atoms with van der Waals surface area (Å²) in [5.41, 5.74) is 1.89. The molecule has 0 saturated carbocycles. The van der Waals surface area contributed by atoms with Crippen LogP contribution in [-0.4, -0.2) is 14.8 Å². The van der Waals surface area contributed by atoms with E-state index in [1.54, 1.807) is 4.68 Å². The van der Waals surface area contributed by atoms with E-state index in [9.17, 15) is 0 Å². The summed E-state index contributed by atoms with van der Waals surface area (Å²) in [4.78, 5) is 4.41. The first-order chi connectivity index (χ1) is 9.72. The Morgan fingerprint density at radius 2 is 1.70 bits per heavy atom. The van der Waals surface area contributed by atoms with Crippen LogP contribution in [0.1, 0.15) is 5.82 Å². The fourth-order valence-corrected chi connectivity index (χ4v) is 2.05. The van der Waals surface area contributed by atoms with Gasteiger partial charge in [-0.1, -0.05) is 29.8 Å². The van der Waals surface area contributed by atoms with Crippen molar-refractivity contribution in [2.75, 3.05) is 5.32 Å². The molecule has 0 unspecified atom stereocenters. The van der Waals surface area contributed by atoms with Gasteiger partial charge in [0.25, 0.3) is 0 Å². The lowest BCUT2D eigenvalue weighted by atomic mass is 10.3. The van der Waals surface area contributed by atoms with Gasteiger partial charge in [-0.2, -0.15) is 4.98 Å². The smallest absolute Gasteiger partial charge is 0.247 e. The van der Waals surface area contributed by atoms with Crippen molar-refractivity contribution in [3.8, 4) is 5.69 Å². The topological polar surface area (TPSA) is 42.7 Å². The summed E-state index contributed by atoms with van der Waals surface area (Å²) in [6.45, 7) is 1.92. The van der Waals surface area contributed by atoms with Gasteiger partial charge in [-0.25, -0.2) is 4.68 Å². The highest BCUT2D eigenvalue weighted by atomic mass is 35.5. The Morgan fingerprint density at radius 1 is 1.00 bits per heavy atom. The van der Waals surface area contributed by atoms with Gasteiger partial charge in [-0.3, -0.25) is 0 Å². The third kappa shape index (κ3) is 2.65. The summed E-state index contributed by atoms with van der Waals surface area (Å²) in [5.74, 6) is 1.39. The molecule has 1 aromatic heterocycles. The number of aromatic nitrogens is 3. The second-order valence-corrected chi connectivity index (χ2v) is 4.80. The predicted octanol–water partition coefficient (Wildman–Crippen LogP) is 3.97. The molecule has 0 aliphatic heterocycles. The summed E-state index contributed by atoms with van der Waals surface area (Å²) >= 11 is 5.86. The molecule has 0 aliphatic carbocycles. The van der Waals surface area contributed by atoms with Crippen LogP contribution in [-0.2, 0) is 0 Å². The van der Waals surface area contributed by atoms with E-state index in [4.69, 9.17) is 11.6 Å². The highest BCUT2D eigenvalue weighted by molar-refractivity contribution is 6.30. The second-order valence-electron chi connectivity index (χ2n) is 4.36. The Bertz CT molecular complexity index is 704. The minimum Gasteiger partial charge on any atom is -0.323 e. The molecule has 100 valence electrons. The van der Waals surface area contributed by atoms with E-state index in [0.29, 0.717) is 11.0 Å². The predicted molar refractivity (Wildman–Crippen MR) is 80.8 cm³/mol. The molecule has 0 aliphatic rings. The Kier molecular flexibility index (Phi) is 3.39. The molecule has 0 radical (unpaired) electrons. The molecule has 1 heterocycles. The number of nitrogens with zero attached hydrogens (tertiary/aromatic N) is 3. The molecule has 3 rings (SSSR count). The molecule has 0 bridgehead atoms. The molecule has 2 aromatic carbocycles. The van der Waals surface area contributed by atoms with E-state index in [1.807, 2.05) is 61.5 Å². The molecule has 3 aromatic rings. The first-order valence-corrected chi connectivity index (χ1v) is 6.62. The minimum atomic E-state index is 0.564. The van der Waals surface area contributed by atoms with E-state index in [0.717, 1.165) is 17.2 Å². The number of anilines is 2. The van der Waals surface area contributed by atoms with Crippen LogP contribution in [0, 0.1) is 6.92 Å². The fourth-order valence-electron chi connectivity index (χ4n) is 1.92. The van der Waals surface area contributed by atoms with Crippen molar-refractivity contribution in [1.82, 2.24) is 14.8 Å². The molecule has 0 fully saturated rings. The lowest BCUT2D eigenvalue weighted by Crippen LogP contribution is -1.99. The minimum absolute atomic E-state index is 0.564. The van der Waals surface area contributed by atoms with Crippen molar-refractivity contribution in [3.63, 3.8) is 0 Å². The van der Waals surface area contributed by atoms with Crippen molar-refractivity contribution >= 4 is 23.2 Å². The lowest BCUT2D eigenvalue weighted by Gasteiger charge is -2.02. The molecule has 0 spiro atoms. The van der Waals surface area contributed by atoms with Gasteiger partial charge in [-0.15, -0.1) is 5.10 Å². The monoisotopic (exact) mass is 284 g/mol. The third-order valence-corrected chi connectivity index (χ3v) is 3.12. The van der Waals surface area contributed by atoms with Crippen molar-refractivity contribution in [1.29, 1.82) is 0 Å². The average Bonchev–Trinajstić information content (AvgIpc) is 2.83. The SMILES string of the molecule is Cc1nc(Nc2ccc(Cl)cc2)nn1-c1ccccc1. The normalized spacial score (nSPS) is 10.5. The van der Waals surface area contributed by atoms with Gasteiger partial charge < -0.3 is 5.32 Å². The van der Waals surface area contributed by atoms with E-state index >= 15 is 0 Å². The van der Waals surface area contributed by atoms with Gasteiger partial charge in [-0.05, 0) is 43.3 Å². The molecular formula is C15H13ClN4. The highest BCUT2D eigenvalue weighted by Gasteiger charge is 2.07. The Balaban J connectivity index is 1.87. The van der Waals surface area contributed by atoms with E-state index in [-0.39, 0.29) is 0 Å². The summed E-state index contributed by atoms with van der Waals surface area (Å²) < 4.78 is 1.80. The average molecular weight is 285 g/mol. The van der Waals surface area contributed by atoms with Crippen molar-refractivity contribution in [2.24, 2.45) is 0 Å². The molecule has 5 heteroatoms. The maximum atomic E-state index is 5.86. The standard InChI is InChI=1S/C15H13ClN4/c1-11-17-15(18-13-9-7-12(16)8-10-13)19-20(11)14-5-3-2-4-6-14/h2-10H,1H3,(H,18,19). The molecule has 0 saturated heterocycles. The van der Waals surface area contributed by atoms with Crippen LogP contribution < -0.4 is 5.32 Å². The summed E-state index contributed by atoms with van der Waals surface area (Å²) in [5, 5.41) is 8.32. The fraction of sp³-hybridized carbons (Fsp3) is 0.0667. The number of hydrogen-bond acceptors (Lipinski definition) is 3. The number of hydrogen-bond donors (Lipinski definition) is 1. The summed E-state index contributed by atoms with van der Waals surface area (Å²) in [6, 6.07) is 17.3. The van der Waals surface area contributed by atoms with Crippen LogP contribution in [0.3, 0.4) is 0 Å². The van der Waals surface area contributed by atoms with Gasteiger partial charge in [0.05, 0.1) is 5.69 Å². The van der Waals surface area contributed by atoms with Crippen LogP contribution in [0.2, 0.25) is 5.02 Å². The first kappa shape index (κ1) is 12.7. The van der Waals surface area contributed by atoms with Crippen LogP contribution >= 0.6 is 11.6 Å². The van der Waals surface area contributed by atoms with Gasteiger partial charge in [0.2, 0.25) is 5.95 Å². The molecule has 4 nitrogen and oxygen atoms in total. The molecular weight excluding hydrogens is 272 g/mol. The van der Waals surface area contributed by atoms with Crippen molar-refractivity contribution in [2.45, 2.75) is 6.92 Å². The molecule has 1 N–H and O–H groups in total. The quantitative estimate of drug-likeness (QED) is 0.791. The Morgan fingerprint density at radius 3 is 2.40 bits per heavy atom. The molecule has 20 heavy (non-hydrogen) atoms. The number of halogens is 1. The van der Waals surface area contributed by atoms with Crippen molar-refractivity contribution < 1.29 is 0 Å². The third-order valence-electron chi connectivity index (χ3n) is 2.87. The van der Waals surface area contributed by atoms with Gasteiger partial charge in [0, 0.05) is 10.7 Å². The van der Waals surface area contributed by atoms with Gasteiger partial charge in [0.15, 0.2) is 0 Å². The van der Waals surface area contributed by atoms with Crippen LogP contribution in [0.15, 0.2) is 54.6 Å². The van der Waals surface area contributed by atoms with E-state index in [1.165, 1.54) is 0 Å². The van der Waals surface area contributed by atoms with Crippen LogP contribution in [0.5, 0.6) is 0 Å². The number of aryl methyl sites for hydroxylation is 1. The zero-order valence-electron chi connectivity index (χ0n) is 10.9. The van der Waals surface area contributed by atoms with E-state index in [2.05, 4.69) is 15.4 Å². The second kappa shape index (κ2) is 5.35. The number of rotatable bonds is 3.